The molecule has 3 aromatic rings. The lowest BCUT2D eigenvalue weighted by Gasteiger charge is -2.46. The van der Waals surface area contributed by atoms with Crippen LogP contribution in [0.1, 0.15) is 51.2 Å². The molecule has 0 aromatic heterocycles. The highest BCUT2D eigenvalue weighted by molar-refractivity contribution is 7.89. The molecule has 0 radical (unpaired) electrons. The van der Waals surface area contributed by atoms with Crippen molar-refractivity contribution in [2.45, 2.75) is 87.1 Å². The van der Waals surface area contributed by atoms with Gasteiger partial charge in [-0.3, -0.25) is 4.79 Å². The van der Waals surface area contributed by atoms with Gasteiger partial charge in [0.05, 0.1) is 23.1 Å². The highest BCUT2D eigenvalue weighted by Gasteiger charge is 2.47. The number of halogens is 2. The van der Waals surface area contributed by atoms with Crippen molar-refractivity contribution in [2.75, 3.05) is 18.4 Å². The molecule has 2 fully saturated rings. The minimum absolute atomic E-state index is 0.130. The Balaban J connectivity index is 1.39. The number of amides is 1. The molecule has 4 N–H and O–H groups in total. The number of nitrogens with zero attached hydrogens (tertiary/aromatic N) is 1. The molecular weight excluding hydrogens is 615 g/mol. The topological polar surface area (TPSA) is 114 Å². The highest BCUT2D eigenvalue weighted by Crippen LogP contribution is 2.43. The maximum atomic E-state index is 15.4. The van der Waals surface area contributed by atoms with E-state index in [1.54, 1.807) is 54.6 Å². The van der Waals surface area contributed by atoms with Gasteiger partial charge in [-0.1, -0.05) is 48.0 Å². The summed E-state index contributed by atoms with van der Waals surface area (Å²) in [4.78, 5) is 14.1. The Morgan fingerprint density at radius 1 is 1.04 bits per heavy atom. The summed E-state index contributed by atoms with van der Waals surface area (Å²) >= 11 is 6.18. The van der Waals surface area contributed by atoms with Gasteiger partial charge in [-0.2, -0.15) is 4.31 Å². The molecule has 8 nitrogen and oxygen atoms in total. The summed E-state index contributed by atoms with van der Waals surface area (Å²) in [5, 5.41) is 6.83. The van der Waals surface area contributed by atoms with E-state index in [9.17, 15) is 13.2 Å². The first-order valence-corrected chi connectivity index (χ1v) is 17.3. The van der Waals surface area contributed by atoms with E-state index in [1.165, 1.54) is 10.4 Å². The second-order valence-corrected chi connectivity index (χ2v) is 14.7. The number of sulfonamides is 1. The van der Waals surface area contributed by atoms with Gasteiger partial charge in [0.25, 0.3) is 0 Å². The van der Waals surface area contributed by atoms with E-state index < -0.39 is 39.2 Å². The number of carbonyl (C=O) groups excluding carboxylic acids is 1. The molecule has 2 saturated heterocycles. The van der Waals surface area contributed by atoms with Crippen LogP contribution in [0.15, 0.2) is 77.7 Å². The number of hydrogen-bond donors (Lipinski definition) is 3. The second kappa shape index (κ2) is 13.9. The molecule has 0 aliphatic carbocycles. The normalized spacial score (nSPS) is 26.7. The number of rotatable bonds is 9. The first-order chi connectivity index (χ1) is 21.4. The highest BCUT2D eigenvalue weighted by atomic mass is 35.5. The van der Waals surface area contributed by atoms with Gasteiger partial charge >= 0.3 is 0 Å². The SMILES string of the molecule is CC1CC(c2ccc(Cl)cc2)(C(N)C(=O)Nc2cccc(F)c2CC[C@H]2CNC[C@@H](C)N2S(=O)(=O)c2ccccc2)CC(C)O1. The van der Waals surface area contributed by atoms with E-state index in [0.717, 1.165) is 5.56 Å². The van der Waals surface area contributed by atoms with Crippen LogP contribution in [0.3, 0.4) is 0 Å². The van der Waals surface area contributed by atoms with Crippen molar-refractivity contribution in [3.05, 3.63) is 94.8 Å². The lowest BCUT2D eigenvalue weighted by atomic mass is 9.66. The van der Waals surface area contributed by atoms with Crippen LogP contribution >= 0.6 is 11.6 Å². The third kappa shape index (κ3) is 7.11. The summed E-state index contributed by atoms with van der Waals surface area (Å²) in [6.45, 7) is 6.75. The first kappa shape index (κ1) is 33.5. The number of anilines is 1. The standard InChI is InChI=1S/C34H42ClFN4O4S/c1-22-20-38-21-27(40(22)45(42,43)28-8-5-4-6-9-28)16-17-29-30(36)10-7-11-31(29)39-33(41)32(37)34(18-23(2)44-24(3)19-34)25-12-14-26(35)15-13-25/h4-15,22-24,27,32,38H,16-21,37H2,1-3H3,(H,39,41)/t22-,23?,24?,27+,32?,34?/m1/s1. The number of carbonyl (C=O) groups is 1. The molecule has 3 unspecified atom stereocenters. The zero-order chi connectivity index (χ0) is 32.4. The molecule has 0 spiro atoms. The summed E-state index contributed by atoms with van der Waals surface area (Å²) in [6, 6.07) is 18.6. The average Bonchev–Trinajstić information content (AvgIpc) is 3.00. The van der Waals surface area contributed by atoms with Crippen LogP contribution in [-0.2, 0) is 31.4 Å². The van der Waals surface area contributed by atoms with Crippen molar-refractivity contribution in [1.82, 2.24) is 9.62 Å². The number of nitrogens with one attached hydrogen (secondary N) is 2. The molecule has 11 heteroatoms. The zero-order valence-corrected chi connectivity index (χ0v) is 27.5. The molecule has 45 heavy (non-hydrogen) atoms. The molecule has 0 bridgehead atoms. The third-order valence-electron chi connectivity index (χ3n) is 9.10. The summed E-state index contributed by atoms with van der Waals surface area (Å²) in [6.07, 6.45) is 1.36. The molecule has 5 atom stereocenters. The van der Waals surface area contributed by atoms with Gasteiger partial charge in [-0.25, -0.2) is 12.8 Å². The molecule has 5 rings (SSSR count). The number of hydrogen-bond acceptors (Lipinski definition) is 6. The van der Waals surface area contributed by atoms with E-state index >= 15 is 4.39 Å². The second-order valence-electron chi connectivity index (χ2n) is 12.4. The molecule has 2 aliphatic heterocycles. The third-order valence-corrected chi connectivity index (χ3v) is 11.4. The minimum atomic E-state index is -3.78. The van der Waals surface area contributed by atoms with Crippen LogP contribution in [0, 0.1) is 5.82 Å². The zero-order valence-electron chi connectivity index (χ0n) is 25.9. The van der Waals surface area contributed by atoms with Crippen molar-refractivity contribution >= 4 is 33.2 Å². The molecular formula is C34H42ClFN4O4S. The fourth-order valence-electron chi connectivity index (χ4n) is 7.13. The van der Waals surface area contributed by atoms with Crippen molar-refractivity contribution in [1.29, 1.82) is 0 Å². The maximum absolute atomic E-state index is 15.4. The first-order valence-electron chi connectivity index (χ1n) is 15.5. The van der Waals surface area contributed by atoms with Gasteiger partial charge in [-0.15, -0.1) is 0 Å². The van der Waals surface area contributed by atoms with Gasteiger partial charge in [0.2, 0.25) is 15.9 Å². The Labute approximate surface area is 270 Å². The predicted octanol–water partition coefficient (Wildman–Crippen LogP) is 5.25. The van der Waals surface area contributed by atoms with Crippen molar-refractivity contribution in [2.24, 2.45) is 5.73 Å². The Kier molecular flexibility index (Phi) is 10.3. The van der Waals surface area contributed by atoms with Gasteiger partial charge < -0.3 is 21.1 Å². The van der Waals surface area contributed by atoms with E-state index in [0.29, 0.717) is 48.6 Å². The lowest BCUT2D eigenvalue weighted by molar-refractivity contribution is -0.122. The number of nitrogens with two attached hydrogens (primary N) is 1. The van der Waals surface area contributed by atoms with E-state index in [1.807, 2.05) is 32.9 Å². The Morgan fingerprint density at radius 3 is 2.38 bits per heavy atom. The Hall–Kier alpha value is -2.86. The monoisotopic (exact) mass is 656 g/mol. The van der Waals surface area contributed by atoms with Gasteiger partial charge in [0, 0.05) is 46.9 Å². The molecule has 0 saturated carbocycles. The van der Waals surface area contributed by atoms with Crippen LogP contribution in [-0.4, -0.2) is 62.1 Å². The predicted molar refractivity (Wildman–Crippen MR) is 175 cm³/mol. The molecule has 2 aliphatic rings. The number of ether oxygens (including phenoxy) is 1. The van der Waals surface area contributed by atoms with Crippen molar-refractivity contribution in [3.8, 4) is 0 Å². The average molecular weight is 657 g/mol. The number of piperazine rings is 1. The van der Waals surface area contributed by atoms with Crippen LogP contribution in [0.5, 0.6) is 0 Å². The van der Waals surface area contributed by atoms with E-state index in [4.69, 9.17) is 22.1 Å². The summed E-state index contributed by atoms with van der Waals surface area (Å²) in [5.41, 5.74) is 7.61. The lowest BCUT2D eigenvalue weighted by Crippen LogP contribution is -2.58. The largest absolute Gasteiger partial charge is 0.375 e. The molecule has 3 aromatic carbocycles. The molecule has 242 valence electrons. The Bertz CT molecular complexity index is 1580. The van der Waals surface area contributed by atoms with Gasteiger partial charge in [0.1, 0.15) is 5.82 Å². The van der Waals surface area contributed by atoms with Gasteiger partial charge in [-0.05, 0) is 88.4 Å². The smallest absolute Gasteiger partial charge is 0.243 e. The van der Waals surface area contributed by atoms with Gasteiger partial charge in [0.15, 0.2) is 0 Å². The van der Waals surface area contributed by atoms with Crippen molar-refractivity contribution < 1.29 is 22.3 Å². The number of benzene rings is 3. The minimum Gasteiger partial charge on any atom is -0.375 e. The fraction of sp³-hybridized carbons (Fsp3) is 0.441. The van der Waals surface area contributed by atoms with Crippen molar-refractivity contribution in [3.63, 3.8) is 0 Å². The van der Waals surface area contributed by atoms with Crippen LogP contribution < -0.4 is 16.4 Å². The fourth-order valence-corrected chi connectivity index (χ4v) is 9.12. The summed E-state index contributed by atoms with van der Waals surface area (Å²) in [7, 11) is -3.78. The molecule has 1 amide bonds. The van der Waals surface area contributed by atoms with Crippen LogP contribution in [0.4, 0.5) is 10.1 Å². The van der Waals surface area contributed by atoms with E-state index in [2.05, 4.69) is 10.6 Å². The van der Waals surface area contributed by atoms with Crippen LogP contribution in [0.25, 0.3) is 0 Å². The maximum Gasteiger partial charge on any atom is 0.243 e. The molecule has 2 heterocycles. The van der Waals surface area contributed by atoms with Crippen LogP contribution in [0.2, 0.25) is 5.02 Å². The van der Waals surface area contributed by atoms with E-state index in [-0.39, 0.29) is 29.6 Å². The summed E-state index contributed by atoms with van der Waals surface area (Å²) < 4.78 is 50.3. The quantitative estimate of drug-likeness (QED) is 0.290. The Morgan fingerprint density at radius 2 is 1.71 bits per heavy atom. The summed E-state index contributed by atoms with van der Waals surface area (Å²) in [5.74, 6) is -0.907.